The van der Waals surface area contributed by atoms with E-state index in [9.17, 15) is 4.79 Å². The van der Waals surface area contributed by atoms with Crippen molar-refractivity contribution in [2.75, 3.05) is 45.6 Å². The summed E-state index contributed by atoms with van der Waals surface area (Å²) in [7, 11) is 1.59. The Morgan fingerprint density at radius 3 is 2.50 bits per heavy atom. The second kappa shape index (κ2) is 10.7. The van der Waals surface area contributed by atoms with Crippen LogP contribution in [0, 0.1) is 0 Å². The first-order valence-corrected chi connectivity index (χ1v) is 7.22. The van der Waals surface area contributed by atoms with Gasteiger partial charge in [0.1, 0.15) is 6.73 Å². The summed E-state index contributed by atoms with van der Waals surface area (Å²) >= 11 is 0. The quantitative estimate of drug-likeness (QED) is 0.512. The maximum atomic E-state index is 11.7. The van der Waals surface area contributed by atoms with E-state index in [0.717, 1.165) is 0 Å². The van der Waals surface area contributed by atoms with Crippen LogP contribution in [0.15, 0.2) is 18.2 Å². The predicted molar refractivity (Wildman–Crippen MR) is 83.6 cm³/mol. The highest BCUT2D eigenvalue weighted by atomic mass is 16.5. The second-order valence-electron chi connectivity index (χ2n) is 4.20. The summed E-state index contributed by atoms with van der Waals surface area (Å²) in [6.07, 6.45) is 0. The summed E-state index contributed by atoms with van der Waals surface area (Å²) in [4.78, 5) is 11.7. The molecule has 0 aliphatic heterocycles. The van der Waals surface area contributed by atoms with Crippen LogP contribution in [0.5, 0.6) is 11.5 Å². The summed E-state index contributed by atoms with van der Waals surface area (Å²) in [5.41, 5.74) is 0.612. The number of rotatable bonds is 10. The van der Waals surface area contributed by atoms with Crippen molar-refractivity contribution in [1.29, 1.82) is 0 Å². The molecule has 1 aromatic rings. The van der Waals surface area contributed by atoms with Crippen LogP contribution < -0.4 is 20.1 Å². The molecule has 0 bridgehead atoms. The van der Waals surface area contributed by atoms with E-state index < -0.39 is 0 Å². The summed E-state index contributed by atoms with van der Waals surface area (Å²) in [5.74, 6) is 1.25. The number of amides is 2. The molecule has 124 valence electrons. The number of methoxy groups -OCH3 is 1. The first-order chi connectivity index (χ1) is 10.7. The highest BCUT2D eigenvalue weighted by molar-refractivity contribution is 5.89. The molecule has 0 aromatic heterocycles. The van der Waals surface area contributed by atoms with Crippen LogP contribution in [0.2, 0.25) is 0 Å². The van der Waals surface area contributed by atoms with E-state index in [0.29, 0.717) is 43.6 Å². The van der Waals surface area contributed by atoms with Gasteiger partial charge < -0.3 is 29.6 Å². The van der Waals surface area contributed by atoms with E-state index in [2.05, 4.69) is 10.6 Å². The number of benzene rings is 1. The average Bonchev–Trinajstić information content (AvgIpc) is 2.50. The molecular formula is C15H24N2O5. The summed E-state index contributed by atoms with van der Waals surface area (Å²) in [6, 6.07) is 4.88. The smallest absolute Gasteiger partial charge is 0.321 e. The Morgan fingerprint density at radius 1 is 1.09 bits per heavy atom. The van der Waals surface area contributed by atoms with Crippen molar-refractivity contribution in [1.82, 2.24) is 5.32 Å². The number of nitrogens with one attached hydrogen (secondary N) is 2. The normalized spacial score (nSPS) is 10.1. The summed E-state index contributed by atoms with van der Waals surface area (Å²) in [5, 5.41) is 5.29. The van der Waals surface area contributed by atoms with Gasteiger partial charge in [0.2, 0.25) is 0 Å². The highest BCUT2D eigenvalue weighted by Gasteiger charge is 2.08. The molecule has 0 unspecified atom stereocenters. The van der Waals surface area contributed by atoms with Crippen LogP contribution in [-0.4, -0.2) is 46.3 Å². The minimum atomic E-state index is -0.357. The lowest BCUT2D eigenvalue weighted by Crippen LogP contribution is -2.31. The van der Waals surface area contributed by atoms with Gasteiger partial charge in [0, 0.05) is 18.9 Å². The third-order valence-electron chi connectivity index (χ3n) is 2.57. The standard InChI is InChI=1S/C15H24N2O5/c1-4-21-13-7-6-12(10-14(13)22-5-2)17-15(18)16-11-20-9-8-19-3/h6-7,10H,4-5,8-9,11H2,1-3H3,(H2,16,17,18). The maximum Gasteiger partial charge on any atom is 0.321 e. The lowest BCUT2D eigenvalue weighted by molar-refractivity contribution is 0.0650. The molecule has 0 atom stereocenters. The van der Waals surface area contributed by atoms with Crippen molar-refractivity contribution in [3.05, 3.63) is 18.2 Å². The molecular weight excluding hydrogens is 288 g/mol. The zero-order chi connectivity index (χ0) is 16.2. The van der Waals surface area contributed by atoms with Crippen LogP contribution in [0.3, 0.4) is 0 Å². The Morgan fingerprint density at radius 2 is 1.82 bits per heavy atom. The molecule has 0 aliphatic carbocycles. The molecule has 1 rings (SSSR count). The van der Waals surface area contributed by atoms with Gasteiger partial charge in [-0.25, -0.2) is 4.79 Å². The third kappa shape index (κ3) is 6.64. The van der Waals surface area contributed by atoms with Gasteiger partial charge in [-0.3, -0.25) is 0 Å². The zero-order valence-corrected chi connectivity index (χ0v) is 13.3. The molecule has 0 spiro atoms. The van der Waals surface area contributed by atoms with Crippen molar-refractivity contribution in [2.45, 2.75) is 13.8 Å². The molecule has 0 aliphatic rings. The zero-order valence-electron chi connectivity index (χ0n) is 13.3. The van der Waals surface area contributed by atoms with E-state index in [4.69, 9.17) is 18.9 Å². The van der Waals surface area contributed by atoms with Gasteiger partial charge in [0.25, 0.3) is 0 Å². The van der Waals surface area contributed by atoms with E-state index in [1.54, 1.807) is 25.3 Å². The van der Waals surface area contributed by atoms with Gasteiger partial charge in [0.15, 0.2) is 11.5 Å². The molecule has 1 aromatic carbocycles. The van der Waals surface area contributed by atoms with Crippen molar-refractivity contribution in [3.63, 3.8) is 0 Å². The molecule has 22 heavy (non-hydrogen) atoms. The Labute approximate surface area is 130 Å². The molecule has 0 fully saturated rings. The minimum Gasteiger partial charge on any atom is -0.490 e. The Kier molecular flexibility index (Phi) is 8.78. The van der Waals surface area contributed by atoms with Gasteiger partial charge in [-0.1, -0.05) is 0 Å². The molecule has 0 saturated heterocycles. The van der Waals surface area contributed by atoms with Crippen LogP contribution in [0.4, 0.5) is 10.5 Å². The first-order valence-electron chi connectivity index (χ1n) is 7.22. The van der Waals surface area contributed by atoms with E-state index in [1.807, 2.05) is 13.8 Å². The molecule has 7 nitrogen and oxygen atoms in total. The van der Waals surface area contributed by atoms with Crippen LogP contribution in [0.1, 0.15) is 13.8 Å². The topological polar surface area (TPSA) is 78.1 Å². The lowest BCUT2D eigenvalue weighted by Gasteiger charge is -2.13. The molecule has 0 saturated carbocycles. The Bertz CT molecular complexity index is 454. The number of hydrogen-bond donors (Lipinski definition) is 2. The number of anilines is 1. The Hall–Kier alpha value is -1.99. The van der Waals surface area contributed by atoms with E-state index in [1.165, 1.54) is 0 Å². The third-order valence-corrected chi connectivity index (χ3v) is 2.57. The van der Waals surface area contributed by atoms with Crippen LogP contribution >= 0.6 is 0 Å². The number of carbonyl (C=O) groups is 1. The van der Waals surface area contributed by atoms with Gasteiger partial charge in [-0.2, -0.15) is 0 Å². The van der Waals surface area contributed by atoms with Crippen LogP contribution in [-0.2, 0) is 9.47 Å². The van der Waals surface area contributed by atoms with Gasteiger partial charge >= 0.3 is 6.03 Å². The molecule has 0 heterocycles. The van der Waals surface area contributed by atoms with E-state index in [-0.39, 0.29) is 12.8 Å². The fourth-order valence-electron chi connectivity index (χ4n) is 1.64. The second-order valence-corrected chi connectivity index (χ2v) is 4.20. The first kappa shape index (κ1) is 18.1. The van der Waals surface area contributed by atoms with Crippen molar-refractivity contribution in [2.24, 2.45) is 0 Å². The average molecular weight is 312 g/mol. The minimum absolute atomic E-state index is 0.116. The van der Waals surface area contributed by atoms with Gasteiger partial charge in [0.05, 0.1) is 26.4 Å². The number of hydrogen-bond acceptors (Lipinski definition) is 5. The Balaban J connectivity index is 2.50. The number of ether oxygens (including phenoxy) is 4. The van der Waals surface area contributed by atoms with Crippen molar-refractivity contribution >= 4 is 11.7 Å². The number of carbonyl (C=O) groups excluding carboxylic acids is 1. The van der Waals surface area contributed by atoms with Gasteiger partial charge in [-0.15, -0.1) is 0 Å². The fraction of sp³-hybridized carbons (Fsp3) is 0.533. The SMILES string of the molecule is CCOc1ccc(NC(=O)NCOCCOC)cc1OCC. The number of urea groups is 1. The van der Waals surface area contributed by atoms with Crippen molar-refractivity contribution < 1.29 is 23.7 Å². The van der Waals surface area contributed by atoms with Gasteiger partial charge in [-0.05, 0) is 26.0 Å². The maximum absolute atomic E-state index is 11.7. The largest absolute Gasteiger partial charge is 0.490 e. The molecule has 0 radical (unpaired) electrons. The summed E-state index contributed by atoms with van der Waals surface area (Å²) in [6.45, 7) is 5.88. The monoisotopic (exact) mass is 312 g/mol. The fourth-order valence-corrected chi connectivity index (χ4v) is 1.64. The predicted octanol–water partition coefficient (Wildman–Crippen LogP) is 2.23. The van der Waals surface area contributed by atoms with E-state index >= 15 is 0 Å². The van der Waals surface area contributed by atoms with Crippen molar-refractivity contribution in [3.8, 4) is 11.5 Å². The lowest BCUT2D eigenvalue weighted by atomic mass is 10.2. The summed E-state index contributed by atoms with van der Waals surface area (Å²) < 4.78 is 21.0. The molecule has 2 N–H and O–H groups in total. The highest BCUT2D eigenvalue weighted by Crippen LogP contribution is 2.30. The van der Waals surface area contributed by atoms with Crippen LogP contribution in [0.25, 0.3) is 0 Å². The molecule has 7 heteroatoms. The molecule has 2 amide bonds.